The summed E-state index contributed by atoms with van der Waals surface area (Å²) in [5.74, 6) is -0.750. The van der Waals surface area contributed by atoms with Crippen molar-refractivity contribution in [2.24, 2.45) is 5.92 Å². The van der Waals surface area contributed by atoms with Gasteiger partial charge in [0.2, 0.25) is 0 Å². The van der Waals surface area contributed by atoms with E-state index < -0.39 is 11.9 Å². The number of carboxylic acid groups (broad SMARTS) is 1. The van der Waals surface area contributed by atoms with Crippen molar-refractivity contribution in [1.29, 1.82) is 0 Å². The minimum absolute atomic E-state index is 0.0521. The third kappa shape index (κ3) is 4.00. The molecule has 1 N–H and O–H groups in total. The van der Waals surface area contributed by atoms with Gasteiger partial charge in [-0.25, -0.2) is 0 Å². The summed E-state index contributed by atoms with van der Waals surface area (Å²) in [4.78, 5) is 25.2. The van der Waals surface area contributed by atoms with Gasteiger partial charge in [-0.3, -0.25) is 9.59 Å². The molecule has 1 heterocycles. The molecule has 1 aliphatic rings. The highest BCUT2D eigenvalue weighted by Gasteiger charge is 2.28. The molecule has 1 aliphatic heterocycles. The third-order valence-electron chi connectivity index (χ3n) is 3.60. The molecule has 0 aliphatic carbocycles. The molecule has 0 saturated carbocycles. The van der Waals surface area contributed by atoms with E-state index in [1.54, 1.807) is 23.1 Å². The van der Waals surface area contributed by atoms with Crippen LogP contribution in [0.15, 0.2) is 22.7 Å². The number of ether oxygens (including phenoxy) is 1. The zero-order valence-corrected chi connectivity index (χ0v) is 14.3. The molecule has 0 bridgehead atoms. The van der Waals surface area contributed by atoms with Crippen LogP contribution in [-0.4, -0.2) is 41.1 Å². The van der Waals surface area contributed by atoms with Gasteiger partial charge in [0.05, 0.1) is 16.5 Å². The summed E-state index contributed by atoms with van der Waals surface area (Å²) in [6, 6.07) is 5.20. The number of aliphatic carboxylic acids is 1. The molecule has 1 aromatic rings. The van der Waals surface area contributed by atoms with Gasteiger partial charge in [-0.1, -0.05) is 0 Å². The van der Waals surface area contributed by atoms with Crippen molar-refractivity contribution in [3.63, 3.8) is 0 Å². The smallest absolute Gasteiger partial charge is 0.308 e. The zero-order chi connectivity index (χ0) is 16.3. The summed E-state index contributed by atoms with van der Waals surface area (Å²) < 4.78 is 6.35. The van der Waals surface area contributed by atoms with Crippen molar-refractivity contribution in [3.8, 4) is 5.75 Å². The normalized spacial score (nSPS) is 18.4. The van der Waals surface area contributed by atoms with Crippen molar-refractivity contribution in [1.82, 2.24) is 4.90 Å². The highest BCUT2D eigenvalue weighted by atomic mass is 79.9. The summed E-state index contributed by atoms with van der Waals surface area (Å²) >= 11 is 3.41. The molecule has 5 nitrogen and oxygen atoms in total. The molecule has 22 heavy (non-hydrogen) atoms. The quantitative estimate of drug-likeness (QED) is 0.884. The summed E-state index contributed by atoms with van der Waals surface area (Å²) in [5.41, 5.74) is 0.536. The monoisotopic (exact) mass is 369 g/mol. The Hall–Kier alpha value is -1.56. The Kier molecular flexibility index (Phi) is 5.45. The second-order valence-electron chi connectivity index (χ2n) is 5.74. The molecule has 1 amide bonds. The molecular formula is C16H20BrNO4. The molecule has 0 radical (unpaired) electrons. The predicted octanol–water partition coefficient (Wildman–Crippen LogP) is 3.17. The first kappa shape index (κ1) is 16.8. The van der Waals surface area contributed by atoms with E-state index in [1.807, 2.05) is 13.8 Å². The molecular weight excluding hydrogens is 350 g/mol. The number of carbonyl (C=O) groups excluding carboxylic acids is 1. The van der Waals surface area contributed by atoms with Crippen molar-refractivity contribution < 1.29 is 19.4 Å². The number of halogens is 1. The van der Waals surface area contributed by atoms with E-state index >= 15 is 0 Å². The van der Waals surface area contributed by atoms with E-state index in [4.69, 9.17) is 9.84 Å². The minimum Gasteiger partial charge on any atom is -0.490 e. The number of amides is 1. The van der Waals surface area contributed by atoms with Gasteiger partial charge in [-0.05, 0) is 60.8 Å². The predicted molar refractivity (Wildman–Crippen MR) is 86.2 cm³/mol. The van der Waals surface area contributed by atoms with E-state index in [-0.39, 0.29) is 18.6 Å². The fourth-order valence-corrected chi connectivity index (χ4v) is 3.00. The Morgan fingerprint density at radius 2 is 2.14 bits per heavy atom. The molecule has 1 atom stereocenters. The summed E-state index contributed by atoms with van der Waals surface area (Å²) in [5, 5.41) is 9.11. The van der Waals surface area contributed by atoms with Crippen LogP contribution in [0.5, 0.6) is 5.75 Å². The molecule has 0 spiro atoms. The molecule has 120 valence electrons. The van der Waals surface area contributed by atoms with Crippen molar-refractivity contribution in [2.75, 3.05) is 13.1 Å². The van der Waals surface area contributed by atoms with Crippen molar-refractivity contribution >= 4 is 27.8 Å². The number of rotatable bonds is 4. The molecule has 1 unspecified atom stereocenters. The van der Waals surface area contributed by atoms with Gasteiger partial charge in [-0.2, -0.15) is 0 Å². The lowest BCUT2D eigenvalue weighted by Gasteiger charge is -2.30. The highest BCUT2D eigenvalue weighted by molar-refractivity contribution is 9.10. The van der Waals surface area contributed by atoms with Crippen LogP contribution in [0.25, 0.3) is 0 Å². The Morgan fingerprint density at radius 1 is 1.41 bits per heavy atom. The topological polar surface area (TPSA) is 66.8 Å². The fourth-order valence-electron chi connectivity index (χ4n) is 2.53. The van der Waals surface area contributed by atoms with E-state index in [9.17, 15) is 9.59 Å². The molecule has 1 aromatic carbocycles. The van der Waals surface area contributed by atoms with Gasteiger partial charge in [0, 0.05) is 18.7 Å². The maximum absolute atomic E-state index is 12.5. The van der Waals surface area contributed by atoms with Crippen LogP contribution in [0.2, 0.25) is 0 Å². The standard InChI is InChI=1S/C16H20BrNO4/c1-10(2)22-14-6-5-11(8-13(14)17)15(19)18-7-3-4-12(9-18)16(20)21/h5-6,8,10,12H,3-4,7,9H2,1-2H3,(H,20,21). The molecule has 1 fully saturated rings. The van der Waals surface area contributed by atoms with Crippen LogP contribution in [0.3, 0.4) is 0 Å². The first-order valence-corrected chi connectivity index (χ1v) is 8.16. The van der Waals surface area contributed by atoms with Crippen LogP contribution in [0.1, 0.15) is 37.0 Å². The van der Waals surface area contributed by atoms with E-state index in [0.717, 1.165) is 10.9 Å². The molecule has 0 aromatic heterocycles. The lowest BCUT2D eigenvalue weighted by molar-refractivity contribution is -0.143. The van der Waals surface area contributed by atoms with Gasteiger partial charge in [0.25, 0.3) is 5.91 Å². The first-order valence-electron chi connectivity index (χ1n) is 7.36. The average Bonchev–Trinajstić information content (AvgIpc) is 2.48. The van der Waals surface area contributed by atoms with Crippen molar-refractivity contribution in [2.45, 2.75) is 32.8 Å². The number of piperidine rings is 1. The maximum Gasteiger partial charge on any atom is 0.308 e. The number of hydrogen-bond acceptors (Lipinski definition) is 3. The third-order valence-corrected chi connectivity index (χ3v) is 4.22. The van der Waals surface area contributed by atoms with Gasteiger partial charge in [0.15, 0.2) is 0 Å². The van der Waals surface area contributed by atoms with Gasteiger partial charge in [0.1, 0.15) is 5.75 Å². The summed E-state index contributed by atoms with van der Waals surface area (Å²) in [6.45, 7) is 4.75. The molecule has 1 saturated heterocycles. The first-order chi connectivity index (χ1) is 10.4. The van der Waals surface area contributed by atoms with Crippen LogP contribution in [-0.2, 0) is 4.79 Å². The number of hydrogen-bond donors (Lipinski definition) is 1. The lowest BCUT2D eigenvalue weighted by atomic mass is 9.97. The minimum atomic E-state index is -0.834. The molecule has 6 heteroatoms. The van der Waals surface area contributed by atoms with Crippen LogP contribution in [0.4, 0.5) is 0 Å². The number of carboxylic acids is 1. The van der Waals surface area contributed by atoms with E-state index in [2.05, 4.69) is 15.9 Å². The second kappa shape index (κ2) is 7.13. The zero-order valence-electron chi connectivity index (χ0n) is 12.7. The number of nitrogens with zero attached hydrogens (tertiary/aromatic N) is 1. The average molecular weight is 370 g/mol. The fraction of sp³-hybridized carbons (Fsp3) is 0.500. The lowest BCUT2D eigenvalue weighted by Crippen LogP contribution is -2.42. The van der Waals surface area contributed by atoms with Crippen LogP contribution < -0.4 is 4.74 Å². The van der Waals surface area contributed by atoms with Crippen LogP contribution >= 0.6 is 15.9 Å². The Bertz CT molecular complexity index is 573. The van der Waals surface area contributed by atoms with Gasteiger partial charge < -0.3 is 14.7 Å². The van der Waals surface area contributed by atoms with Crippen LogP contribution in [0, 0.1) is 5.92 Å². The van der Waals surface area contributed by atoms with Crippen molar-refractivity contribution in [3.05, 3.63) is 28.2 Å². The number of benzene rings is 1. The number of carbonyl (C=O) groups is 2. The van der Waals surface area contributed by atoms with Gasteiger partial charge in [-0.15, -0.1) is 0 Å². The largest absolute Gasteiger partial charge is 0.490 e. The Labute approximate surface area is 138 Å². The Morgan fingerprint density at radius 3 is 2.73 bits per heavy atom. The number of likely N-dealkylation sites (tertiary alicyclic amines) is 1. The Balaban J connectivity index is 2.12. The summed E-state index contributed by atoms with van der Waals surface area (Å²) in [7, 11) is 0. The summed E-state index contributed by atoms with van der Waals surface area (Å²) in [6.07, 6.45) is 1.40. The molecule has 2 rings (SSSR count). The van der Waals surface area contributed by atoms with E-state index in [1.165, 1.54) is 0 Å². The maximum atomic E-state index is 12.5. The SMILES string of the molecule is CC(C)Oc1ccc(C(=O)N2CCCC(C(=O)O)C2)cc1Br. The van der Waals surface area contributed by atoms with Gasteiger partial charge >= 0.3 is 5.97 Å². The highest BCUT2D eigenvalue weighted by Crippen LogP contribution is 2.28. The second-order valence-corrected chi connectivity index (χ2v) is 6.59. The van der Waals surface area contributed by atoms with E-state index in [0.29, 0.717) is 24.3 Å².